The summed E-state index contributed by atoms with van der Waals surface area (Å²) in [6.07, 6.45) is 3.65. The van der Waals surface area contributed by atoms with Gasteiger partial charge in [-0.05, 0) is 33.9 Å². The van der Waals surface area contributed by atoms with Crippen LogP contribution >= 0.6 is 0 Å². The average Bonchev–Trinajstić information content (AvgIpc) is 3.08. The Morgan fingerprint density at radius 2 is 1.59 bits per heavy atom. The van der Waals surface area contributed by atoms with Crippen molar-refractivity contribution in [3.8, 4) is 11.1 Å². The number of aromatic nitrogens is 2. The Kier molecular flexibility index (Phi) is 9.58. The molecule has 6 rings (SSSR count). The molecule has 2 saturated heterocycles. The van der Waals surface area contributed by atoms with Gasteiger partial charge in [-0.1, -0.05) is 72.8 Å². The first kappa shape index (κ1) is 29.9. The first-order chi connectivity index (χ1) is 21.6. The Bertz CT molecular complexity index is 1510. The highest BCUT2D eigenvalue weighted by molar-refractivity contribution is 5.74. The molecule has 0 aliphatic carbocycles. The third kappa shape index (κ3) is 7.31. The normalized spacial score (nSPS) is 20.8. The molecule has 3 aromatic carbocycles. The molecule has 2 N–H and O–H groups in total. The standard InChI is InChI=1S/C35H39N5O4/c1-25(42)38-22-30-5-2-3-6-32(30)27-11-13-29(14-12-27)34-43-31(21-33(44-34)28-9-7-26(24-41)8-10-28)23-39-17-19-40(20-18-39)35-36-15-4-16-37-35/h2-16,31,33-34,41H,17-24H2,1H3,(H,38,42). The second-order valence-electron chi connectivity index (χ2n) is 11.4. The summed E-state index contributed by atoms with van der Waals surface area (Å²) in [4.78, 5) is 25.0. The Hall–Kier alpha value is -4.15. The fourth-order valence-electron chi connectivity index (χ4n) is 5.90. The number of carbonyl (C=O) groups excluding carboxylic acids is 1. The van der Waals surface area contributed by atoms with Gasteiger partial charge >= 0.3 is 0 Å². The van der Waals surface area contributed by atoms with Crippen LogP contribution in [0.2, 0.25) is 0 Å². The Morgan fingerprint density at radius 1 is 0.886 bits per heavy atom. The van der Waals surface area contributed by atoms with Crippen molar-refractivity contribution >= 4 is 11.9 Å². The van der Waals surface area contributed by atoms with Gasteiger partial charge in [-0.25, -0.2) is 9.97 Å². The molecular formula is C35H39N5O4. The maximum absolute atomic E-state index is 11.5. The van der Waals surface area contributed by atoms with Crippen molar-refractivity contribution in [1.29, 1.82) is 0 Å². The number of nitrogens with zero attached hydrogens (tertiary/aromatic N) is 4. The molecule has 9 nitrogen and oxygen atoms in total. The van der Waals surface area contributed by atoms with Gasteiger partial charge in [-0.3, -0.25) is 9.69 Å². The van der Waals surface area contributed by atoms with Crippen molar-refractivity contribution in [2.45, 2.75) is 45.0 Å². The molecule has 4 aromatic rings. The lowest BCUT2D eigenvalue weighted by atomic mass is 9.97. The van der Waals surface area contributed by atoms with E-state index in [1.807, 2.05) is 48.5 Å². The van der Waals surface area contributed by atoms with Crippen LogP contribution in [0.1, 0.15) is 48.0 Å². The Balaban J connectivity index is 1.18. The number of ether oxygens (including phenoxy) is 2. The van der Waals surface area contributed by atoms with Crippen LogP contribution in [0.5, 0.6) is 0 Å². The number of carbonyl (C=O) groups is 1. The van der Waals surface area contributed by atoms with E-state index in [0.717, 1.165) is 78.5 Å². The molecule has 1 aromatic heterocycles. The summed E-state index contributed by atoms with van der Waals surface area (Å²) in [6.45, 7) is 6.39. The minimum Gasteiger partial charge on any atom is -0.392 e. The Morgan fingerprint density at radius 3 is 2.30 bits per heavy atom. The maximum Gasteiger partial charge on any atom is 0.225 e. The van der Waals surface area contributed by atoms with Gasteiger partial charge in [0.25, 0.3) is 0 Å². The van der Waals surface area contributed by atoms with Crippen LogP contribution in [0.4, 0.5) is 5.95 Å². The summed E-state index contributed by atoms with van der Waals surface area (Å²) < 4.78 is 13.2. The van der Waals surface area contributed by atoms with Gasteiger partial charge in [0.2, 0.25) is 11.9 Å². The largest absolute Gasteiger partial charge is 0.392 e. The molecule has 44 heavy (non-hydrogen) atoms. The van der Waals surface area contributed by atoms with E-state index in [1.165, 1.54) is 6.92 Å². The third-order valence-electron chi connectivity index (χ3n) is 8.32. The van der Waals surface area contributed by atoms with Crippen LogP contribution < -0.4 is 10.2 Å². The predicted molar refractivity (Wildman–Crippen MR) is 169 cm³/mol. The van der Waals surface area contributed by atoms with Crippen molar-refractivity contribution in [2.75, 3.05) is 37.6 Å². The van der Waals surface area contributed by atoms with Gasteiger partial charge in [-0.2, -0.15) is 0 Å². The molecule has 2 fully saturated rings. The summed E-state index contributed by atoms with van der Waals surface area (Å²) >= 11 is 0. The maximum atomic E-state index is 11.5. The zero-order chi connectivity index (χ0) is 30.3. The third-order valence-corrected chi connectivity index (χ3v) is 8.32. The van der Waals surface area contributed by atoms with E-state index in [0.29, 0.717) is 6.54 Å². The zero-order valence-corrected chi connectivity index (χ0v) is 25.0. The summed E-state index contributed by atoms with van der Waals surface area (Å²) in [6, 6.07) is 26.3. The number of hydrogen-bond donors (Lipinski definition) is 2. The molecule has 3 atom stereocenters. The van der Waals surface area contributed by atoms with Crippen molar-refractivity contribution in [1.82, 2.24) is 20.2 Å². The van der Waals surface area contributed by atoms with Gasteiger partial charge in [0.15, 0.2) is 6.29 Å². The molecule has 0 spiro atoms. The second kappa shape index (κ2) is 14.1. The van der Waals surface area contributed by atoms with Crippen molar-refractivity contribution in [3.63, 3.8) is 0 Å². The lowest BCUT2D eigenvalue weighted by Crippen LogP contribution is -2.50. The fourth-order valence-corrected chi connectivity index (χ4v) is 5.90. The van der Waals surface area contributed by atoms with Gasteiger partial charge in [0.1, 0.15) is 0 Å². The van der Waals surface area contributed by atoms with E-state index in [4.69, 9.17) is 9.47 Å². The van der Waals surface area contributed by atoms with E-state index in [1.54, 1.807) is 12.4 Å². The lowest BCUT2D eigenvalue weighted by Gasteiger charge is -2.40. The van der Waals surface area contributed by atoms with Crippen molar-refractivity contribution in [3.05, 3.63) is 114 Å². The van der Waals surface area contributed by atoms with E-state index in [9.17, 15) is 9.90 Å². The molecule has 2 aliphatic heterocycles. The first-order valence-electron chi connectivity index (χ1n) is 15.2. The SMILES string of the molecule is CC(=O)NCc1ccccc1-c1ccc(C2OC(CN3CCN(c4ncccn4)CC3)CC(c3ccc(CO)cc3)O2)cc1. The van der Waals surface area contributed by atoms with Crippen LogP contribution in [-0.2, 0) is 27.4 Å². The molecule has 0 saturated carbocycles. The van der Waals surface area contributed by atoms with Crippen LogP contribution in [0.25, 0.3) is 11.1 Å². The van der Waals surface area contributed by atoms with Crippen LogP contribution in [0, 0.1) is 0 Å². The number of anilines is 1. The van der Waals surface area contributed by atoms with Gasteiger partial charge in [-0.15, -0.1) is 0 Å². The molecular weight excluding hydrogens is 554 g/mol. The molecule has 0 bridgehead atoms. The number of piperazine rings is 1. The quantitative estimate of drug-likeness (QED) is 0.290. The summed E-state index contributed by atoms with van der Waals surface area (Å²) in [5.74, 6) is 0.728. The first-order valence-corrected chi connectivity index (χ1v) is 15.2. The number of rotatable bonds is 9. The van der Waals surface area contributed by atoms with Crippen molar-refractivity contribution in [2.24, 2.45) is 0 Å². The minimum atomic E-state index is -0.515. The zero-order valence-electron chi connectivity index (χ0n) is 25.0. The smallest absolute Gasteiger partial charge is 0.225 e. The van der Waals surface area contributed by atoms with Gasteiger partial charge in [0, 0.05) is 70.6 Å². The van der Waals surface area contributed by atoms with E-state index in [2.05, 4.69) is 55.4 Å². The fraction of sp³-hybridized carbons (Fsp3) is 0.343. The van der Waals surface area contributed by atoms with Gasteiger partial charge < -0.3 is 24.8 Å². The predicted octanol–water partition coefficient (Wildman–Crippen LogP) is 4.64. The number of nitrogens with one attached hydrogen (secondary N) is 1. The molecule has 2 aliphatic rings. The molecule has 228 valence electrons. The monoisotopic (exact) mass is 593 g/mol. The Labute approximate surface area is 258 Å². The molecule has 3 unspecified atom stereocenters. The van der Waals surface area contributed by atoms with E-state index in [-0.39, 0.29) is 24.7 Å². The number of benzene rings is 3. The molecule has 3 heterocycles. The highest BCUT2D eigenvalue weighted by atomic mass is 16.7. The highest BCUT2D eigenvalue weighted by Crippen LogP contribution is 2.39. The molecule has 1 amide bonds. The number of hydrogen-bond acceptors (Lipinski definition) is 8. The number of aliphatic hydroxyl groups excluding tert-OH is 1. The van der Waals surface area contributed by atoms with E-state index >= 15 is 0 Å². The van der Waals surface area contributed by atoms with E-state index < -0.39 is 6.29 Å². The van der Waals surface area contributed by atoms with Crippen molar-refractivity contribution < 1.29 is 19.4 Å². The summed E-state index contributed by atoms with van der Waals surface area (Å²) in [5.41, 5.74) is 6.13. The molecule has 9 heteroatoms. The topological polar surface area (TPSA) is 100 Å². The van der Waals surface area contributed by atoms with Crippen LogP contribution in [0.15, 0.2) is 91.3 Å². The minimum absolute atomic E-state index is 0.0143. The second-order valence-corrected chi connectivity index (χ2v) is 11.4. The number of amides is 1. The average molecular weight is 594 g/mol. The summed E-state index contributed by atoms with van der Waals surface area (Å²) in [7, 11) is 0. The van der Waals surface area contributed by atoms with Gasteiger partial charge in [0.05, 0.1) is 18.8 Å². The highest BCUT2D eigenvalue weighted by Gasteiger charge is 2.34. The lowest BCUT2D eigenvalue weighted by molar-refractivity contribution is -0.253. The van der Waals surface area contributed by atoms with Crippen LogP contribution in [-0.4, -0.2) is 64.7 Å². The molecule has 0 radical (unpaired) electrons. The van der Waals surface area contributed by atoms with Crippen LogP contribution in [0.3, 0.4) is 0 Å². The summed E-state index contributed by atoms with van der Waals surface area (Å²) in [5, 5.41) is 12.4. The number of aliphatic hydroxyl groups is 1.